The van der Waals surface area contributed by atoms with Gasteiger partial charge < -0.3 is 15.5 Å². The van der Waals surface area contributed by atoms with Crippen LogP contribution in [0.1, 0.15) is 17.4 Å². The third-order valence-electron chi connectivity index (χ3n) is 1.98. The van der Waals surface area contributed by atoms with Crippen LogP contribution in [-0.2, 0) is 11.8 Å². The summed E-state index contributed by atoms with van der Waals surface area (Å²) in [5, 5.41) is 23.9. The molecule has 1 amide bonds. The van der Waals surface area contributed by atoms with Gasteiger partial charge in [0.25, 0.3) is 5.91 Å². The van der Waals surface area contributed by atoms with E-state index in [1.165, 1.54) is 17.7 Å². The maximum absolute atomic E-state index is 11.5. The second-order valence-electron chi connectivity index (χ2n) is 3.40. The zero-order chi connectivity index (χ0) is 12.3. The van der Waals surface area contributed by atoms with Crippen LogP contribution in [0.25, 0.3) is 0 Å². The van der Waals surface area contributed by atoms with Crippen molar-refractivity contribution in [1.82, 2.24) is 15.1 Å². The number of amides is 1. The highest BCUT2D eigenvalue weighted by molar-refractivity contribution is 5.95. The number of aliphatic hydroxyl groups excluding tert-OH is 1. The molecular weight excluding hydrogens is 214 g/mol. The molecule has 1 heterocycles. The SMILES string of the molecule is C[C@@H](O)[C@H](NC(=O)c1ccn(C)n1)C(=O)O. The molecule has 0 aliphatic heterocycles. The molecular formula is C9H13N3O4. The highest BCUT2D eigenvalue weighted by atomic mass is 16.4. The standard InChI is InChI=1S/C9H13N3O4/c1-5(13)7(9(15)16)10-8(14)6-3-4-12(2)11-6/h3-5,7,13H,1-2H3,(H,10,14)(H,15,16)/t5-,7+/m1/s1. The van der Waals surface area contributed by atoms with Crippen molar-refractivity contribution in [2.75, 3.05) is 0 Å². The number of carboxylic acid groups (broad SMARTS) is 1. The second-order valence-corrected chi connectivity index (χ2v) is 3.40. The molecule has 1 rings (SSSR count). The smallest absolute Gasteiger partial charge is 0.328 e. The fourth-order valence-corrected chi connectivity index (χ4v) is 1.14. The van der Waals surface area contributed by atoms with Gasteiger partial charge in [-0.2, -0.15) is 5.10 Å². The average molecular weight is 227 g/mol. The van der Waals surface area contributed by atoms with E-state index < -0.39 is 24.0 Å². The summed E-state index contributed by atoms with van der Waals surface area (Å²) in [5.41, 5.74) is 0.106. The number of aliphatic hydroxyl groups is 1. The van der Waals surface area contributed by atoms with E-state index in [0.29, 0.717) is 0 Å². The zero-order valence-electron chi connectivity index (χ0n) is 8.91. The molecule has 3 N–H and O–H groups in total. The van der Waals surface area contributed by atoms with Gasteiger partial charge in [0.2, 0.25) is 0 Å². The first-order valence-corrected chi connectivity index (χ1v) is 4.63. The van der Waals surface area contributed by atoms with Gasteiger partial charge in [-0.3, -0.25) is 9.48 Å². The van der Waals surface area contributed by atoms with Crippen molar-refractivity contribution in [2.45, 2.75) is 19.1 Å². The number of carbonyl (C=O) groups is 2. The Morgan fingerprint density at radius 2 is 2.19 bits per heavy atom. The summed E-state index contributed by atoms with van der Waals surface area (Å²) >= 11 is 0. The lowest BCUT2D eigenvalue weighted by molar-refractivity contribution is -0.141. The van der Waals surface area contributed by atoms with Gasteiger partial charge in [0.1, 0.15) is 5.69 Å². The van der Waals surface area contributed by atoms with Crippen molar-refractivity contribution >= 4 is 11.9 Å². The quantitative estimate of drug-likeness (QED) is 0.611. The van der Waals surface area contributed by atoms with Crippen molar-refractivity contribution < 1.29 is 19.8 Å². The van der Waals surface area contributed by atoms with Crippen LogP contribution in [0, 0.1) is 0 Å². The minimum atomic E-state index is -1.34. The van der Waals surface area contributed by atoms with Crippen molar-refractivity contribution in [1.29, 1.82) is 0 Å². The summed E-state index contributed by atoms with van der Waals surface area (Å²) in [6.07, 6.45) is 0.387. The van der Waals surface area contributed by atoms with Gasteiger partial charge in [-0.25, -0.2) is 4.79 Å². The Morgan fingerprint density at radius 1 is 1.56 bits per heavy atom. The van der Waals surface area contributed by atoms with Gasteiger partial charge in [-0.15, -0.1) is 0 Å². The van der Waals surface area contributed by atoms with Gasteiger partial charge in [0.05, 0.1) is 6.10 Å². The lowest BCUT2D eigenvalue weighted by Gasteiger charge is -2.15. The zero-order valence-corrected chi connectivity index (χ0v) is 8.91. The van der Waals surface area contributed by atoms with E-state index in [1.807, 2.05) is 0 Å². The van der Waals surface area contributed by atoms with E-state index in [2.05, 4.69) is 10.4 Å². The third-order valence-corrected chi connectivity index (χ3v) is 1.98. The molecule has 1 aromatic heterocycles. The first kappa shape index (κ1) is 12.2. The largest absolute Gasteiger partial charge is 0.480 e. The van der Waals surface area contributed by atoms with Crippen LogP contribution in [0.4, 0.5) is 0 Å². The molecule has 0 unspecified atom stereocenters. The number of hydrogen-bond donors (Lipinski definition) is 3. The molecule has 0 aliphatic rings. The van der Waals surface area contributed by atoms with Crippen LogP contribution in [0.2, 0.25) is 0 Å². The number of carboxylic acids is 1. The fraction of sp³-hybridized carbons (Fsp3) is 0.444. The number of nitrogens with one attached hydrogen (secondary N) is 1. The Morgan fingerprint density at radius 3 is 2.56 bits per heavy atom. The molecule has 16 heavy (non-hydrogen) atoms. The van der Waals surface area contributed by atoms with Gasteiger partial charge in [0, 0.05) is 13.2 Å². The normalized spacial score (nSPS) is 14.2. The molecule has 0 spiro atoms. The molecule has 0 aromatic carbocycles. The Bertz CT molecular complexity index is 399. The summed E-state index contributed by atoms with van der Waals surface area (Å²) in [4.78, 5) is 22.2. The first-order valence-electron chi connectivity index (χ1n) is 4.63. The van der Waals surface area contributed by atoms with E-state index in [-0.39, 0.29) is 5.69 Å². The molecule has 0 radical (unpaired) electrons. The van der Waals surface area contributed by atoms with E-state index in [4.69, 9.17) is 10.2 Å². The van der Waals surface area contributed by atoms with Crippen LogP contribution >= 0.6 is 0 Å². The summed E-state index contributed by atoms with van der Waals surface area (Å²) in [7, 11) is 1.64. The number of carbonyl (C=O) groups excluding carboxylic acids is 1. The summed E-state index contributed by atoms with van der Waals surface area (Å²) in [6, 6.07) is 0.116. The van der Waals surface area contributed by atoms with Crippen LogP contribution in [0.5, 0.6) is 0 Å². The average Bonchev–Trinajstić information content (AvgIpc) is 2.59. The molecule has 0 bridgehead atoms. The lowest BCUT2D eigenvalue weighted by Crippen LogP contribution is -2.47. The maximum atomic E-state index is 11.5. The van der Waals surface area contributed by atoms with Crippen molar-refractivity contribution in [3.8, 4) is 0 Å². The summed E-state index contributed by atoms with van der Waals surface area (Å²) < 4.78 is 1.42. The topological polar surface area (TPSA) is 104 Å². The van der Waals surface area contributed by atoms with Gasteiger partial charge in [-0.05, 0) is 13.0 Å². The van der Waals surface area contributed by atoms with Crippen LogP contribution in [-0.4, -0.2) is 44.0 Å². The van der Waals surface area contributed by atoms with Crippen LogP contribution in [0.15, 0.2) is 12.3 Å². The Hall–Kier alpha value is -1.89. The predicted octanol–water partition coefficient (Wildman–Crippen LogP) is -1.02. The van der Waals surface area contributed by atoms with E-state index in [1.54, 1.807) is 13.2 Å². The predicted molar refractivity (Wildman–Crippen MR) is 53.8 cm³/mol. The molecule has 0 fully saturated rings. The minimum absolute atomic E-state index is 0.106. The van der Waals surface area contributed by atoms with Gasteiger partial charge >= 0.3 is 5.97 Å². The molecule has 88 valence electrons. The highest BCUT2D eigenvalue weighted by Gasteiger charge is 2.26. The molecule has 7 heteroatoms. The highest BCUT2D eigenvalue weighted by Crippen LogP contribution is 1.98. The third kappa shape index (κ3) is 2.80. The monoisotopic (exact) mass is 227 g/mol. The number of hydrogen-bond acceptors (Lipinski definition) is 4. The molecule has 7 nitrogen and oxygen atoms in total. The Balaban J connectivity index is 2.73. The number of aliphatic carboxylic acids is 1. The molecule has 2 atom stereocenters. The number of nitrogens with zero attached hydrogens (tertiary/aromatic N) is 2. The van der Waals surface area contributed by atoms with E-state index in [0.717, 1.165) is 0 Å². The van der Waals surface area contributed by atoms with E-state index in [9.17, 15) is 9.59 Å². The second kappa shape index (κ2) is 4.75. The van der Waals surface area contributed by atoms with Crippen molar-refractivity contribution in [3.05, 3.63) is 18.0 Å². The molecule has 0 saturated heterocycles. The Labute approximate surface area is 91.7 Å². The van der Waals surface area contributed by atoms with Gasteiger partial charge in [-0.1, -0.05) is 0 Å². The van der Waals surface area contributed by atoms with E-state index >= 15 is 0 Å². The van der Waals surface area contributed by atoms with Crippen molar-refractivity contribution in [2.24, 2.45) is 7.05 Å². The first-order chi connectivity index (χ1) is 7.41. The Kier molecular flexibility index (Phi) is 3.62. The summed E-state index contributed by atoms with van der Waals surface area (Å²) in [5.74, 6) is -1.92. The molecule has 0 saturated carbocycles. The fourth-order valence-electron chi connectivity index (χ4n) is 1.14. The van der Waals surface area contributed by atoms with Crippen LogP contribution in [0.3, 0.4) is 0 Å². The number of aryl methyl sites for hydroxylation is 1. The summed E-state index contributed by atoms with van der Waals surface area (Å²) in [6.45, 7) is 1.29. The number of rotatable bonds is 4. The van der Waals surface area contributed by atoms with Crippen LogP contribution < -0.4 is 5.32 Å². The van der Waals surface area contributed by atoms with Gasteiger partial charge in [0.15, 0.2) is 6.04 Å². The maximum Gasteiger partial charge on any atom is 0.328 e. The van der Waals surface area contributed by atoms with Crippen molar-refractivity contribution in [3.63, 3.8) is 0 Å². The molecule has 1 aromatic rings. The molecule has 0 aliphatic carbocycles. The lowest BCUT2D eigenvalue weighted by atomic mass is 10.2. The minimum Gasteiger partial charge on any atom is -0.480 e. The number of aromatic nitrogens is 2.